The first-order chi connectivity index (χ1) is 13.4. The molecule has 0 spiro atoms. The molecule has 4 rings (SSSR count). The predicted molar refractivity (Wildman–Crippen MR) is 113 cm³/mol. The Hall–Kier alpha value is -1.00. The average molecular weight is 507 g/mol. The molecule has 1 N–H and O–H groups in total. The van der Waals surface area contributed by atoms with Crippen molar-refractivity contribution >= 4 is 39.2 Å². The highest BCUT2D eigenvalue weighted by atomic mass is 127. The molecule has 1 saturated heterocycles. The van der Waals surface area contributed by atoms with Gasteiger partial charge in [0.15, 0.2) is 0 Å². The maximum Gasteiger partial charge on any atom is 0.406 e. The van der Waals surface area contributed by atoms with Crippen molar-refractivity contribution in [3.63, 3.8) is 0 Å². The molecule has 0 amide bonds. The number of morpholine rings is 1. The Kier molecular flexibility index (Phi) is 6.08. The second-order valence-corrected chi connectivity index (χ2v) is 8.81. The van der Waals surface area contributed by atoms with Crippen molar-refractivity contribution < 1.29 is 17.9 Å². The number of rotatable bonds is 4. The first-order valence-corrected chi connectivity index (χ1v) is 10.9. The Morgan fingerprint density at radius 3 is 2.50 bits per heavy atom. The minimum absolute atomic E-state index is 0.367. The molecule has 1 aromatic heterocycles. The molecular formula is C20H25F3IN3O. The molecule has 2 fully saturated rings. The SMILES string of the molecule is FC(F)(F)Cn1c(I)cc2c(N[C@H]3CC[C@H](N4CCOCC4)CC3)cccc21. The Labute approximate surface area is 176 Å². The highest BCUT2D eigenvalue weighted by molar-refractivity contribution is 14.1. The average Bonchev–Trinajstić information content (AvgIpc) is 2.98. The zero-order chi connectivity index (χ0) is 19.7. The summed E-state index contributed by atoms with van der Waals surface area (Å²) < 4.78 is 46.2. The van der Waals surface area contributed by atoms with Crippen molar-refractivity contribution in [3.8, 4) is 0 Å². The number of ether oxygens (including phenoxy) is 1. The van der Waals surface area contributed by atoms with Crippen LogP contribution in [-0.4, -0.2) is 54.0 Å². The van der Waals surface area contributed by atoms with Gasteiger partial charge in [-0.1, -0.05) is 6.07 Å². The van der Waals surface area contributed by atoms with E-state index in [1.807, 2.05) is 40.8 Å². The van der Waals surface area contributed by atoms with Gasteiger partial charge >= 0.3 is 6.18 Å². The maximum atomic E-state index is 12.9. The van der Waals surface area contributed by atoms with Crippen LogP contribution in [0.25, 0.3) is 10.9 Å². The van der Waals surface area contributed by atoms with Gasteiger partial charge in [0.2, 0.25) is 0 Å². The van der Waals surface area contributed by atoms with Crippen LogP contribution in [0.5, 0.6) is 0 Å². The molecular weight excluding hydrogens is 482 g/mol. The number of benzene rings is 1. The molecule has 2 heterocycles. The highest BCUT2D eigenvalue weighted by Crippen LogP contribution is 2.33. The van der Waals surface area contributed by atoms with E-state index in [9.17, 15) is 13.2 Å². The summed E-state index contributed by atoms with van der Waals surface area (Å²) in [5.74, 6) is 0. The number of anilines is 1. The first kappa shape index (κ1) is 20.3. The van der Waals surface area contributed by atoms with Gasteiger partial charge in [-0.2, -0.15) is 13.2 Å². The van der Waals surface area contributed by atoms with E-state index in [4.69, 9.17) is 4.74 Å². The first-order valence-electron chi connectivity index (χ1n) is 9.83. The van der Waals surface area contributed by atoms with Crippen LogP contribution in [0.1, 0.15) is 25.7 Å². The third-order valence-electron chi connectivity index (χ3n) is 5.85. The van der Waals surface area contributed by atoms with Gasteiger partial charge in [-0.3, -0.25) is 4.90 Å². The van der Waals surface area contributed by atoms with Gasteiger partial charge in [0.25, 0.3) is 0 Å². The smallest absolute Gasteiger partial charge is 0.382 e. The van der Waals surface area contributed by atoms with Crippen molar-refractivity contribution in [3.05, 3.63) is 28.0 Å². The van der Waals surface area contributed by atoms with E-state index in [-0.39, 0.29) is 0 Å². The van der Waals surface area contributed by atoms with E-state index < -0.39 is 12.7 Å². The van der Waals surface area contributed by atoms with Gasteiger partial charge in [0.1, 0.15) is 6.54 Å². The van der Waals surface area contributed by atoms with Gasteiger partial charge < -0.3 is 14.6 Å². The molecule has 4 nitrogen and oxygen atoms in total. The van der Waals surface area contributed by atoms with Crippen molar-refractivity contribution in [1.29, 1.82) is 0 Å². The van der Waals surface area contributed by atoms with Crippen LogP contribution in [0.2, 0.25) is 0 Å². The third-order valence-corrected chi connectivity index (χ3v) is 6.74. The lowest BCUT2D eigenvalue weighted by Crippen LogP contribution is -2.46. The highest BCUT2D eigenvalue weighted by Gasteiger charge is 2.30. The van der Waals surface area contributed by atoms with Gasteiger partial charge in [0.05, 0.1) is 22.4 Å². The van der Waals surface area contributed by atoms with Crippen molar-refractivity contribution in [1.82, 2.24) is 9.47 Å². The quantitative estimate of drug-likeness (QED) is 0.600. The number of halogens is 4. The number of nitrogens with zero attached hydrogens (tertiary/aromatic N) is 2. The molecule has 2 aliphatic rings. The van der Waals surface area contributed by atoms with Gasteiger partial charge in [-0.15, -0.1) is 0 Å². The molecule has 0 atom stereocenters. The largest absolute Gasteiger partial charge is 0.406 e. The van der Waals surface area contributed by atoms with E-state index in [1.165, 1.54) is 4.57 Å². The predicted octanol–water partition coefficient (Wildman–Crippen LogP) is 4.86. The zero-order valence-electron chi connectivity index (χ0n) is 15.6. The summed E-state index contributed by atoms with van der Waals surface area (Å²) in [5, 5.41) is 4.48. The van der Waals surface area contributed by atoms with E-state index in [2.05, 4.69) is 10.2 Å². The summed E-state index contributed by atoms with van der Waals surface area (Å²) >= 11 is 1.99. The normalized spacial score (nSPS) is 24.6. The van der Waals surface area contributed by atoms with Crippen LogP contribution in [0, 0.1) is 3.70 Å². The van der Waals surface area contributed by atoms with Crippen LogP contribution < -0.4 is 5.32 Å². The lowest BCUT2D eigenvalue weighted by atomic mass is 9.89. The van der Waals surface area contributed by atoms with E-state index in [0.29, 0.717) is 21.3 Å². The van der Waals surface area contributed by atoms with Gasteiger partial charge in [-0.25, -0.2) is 0 Å². The summed E-state index contributed by atoms with van der Waals surface area (Å²) in [6, 6.07) is 8.43. The topological polar surface area (TPSA) is 29.4 Å². The molecule has 1 saturated carbocycles. The van der Waals surface area contributed by atoms with Crippen molar-refractivity contribution in [2.75, 3.05) is 31.6 Å². The molecule has 1 aliphatic heterocycles. The number of hydrogen-bond acceptors (Lipinski definition) is 3. The zero-order valence-corrected chi connectivity index (χ0v) is 17.8. The fourth-order valence-corrected chi connectivity index (χ4v) is 5.21. The summed E-state index contributed by atoms with van der Waals surface area (Å²) in [6.45, 7) is 2.74. The molecule has 0 bridgehead atoms. The Bertz CT molecular complexity index is 809. The minimum Gasteiger partial charge on any atom is -0.382 e. The fraction of sp³-hybridized carbons (Fsp3) is 0.600. The van der Waals surface area contributed by atoms with Crippen molar-refractivity contribution in [2.24, 2.45) is 0 Å². The molecule has 1 aromatic carbocycles. The van der Waals surface area contributed by atoms with E-state index >= 15 is 0 Å². The number of fused-ring (bicyclic) bond motifs is 1. The maximum absolute atomic E-state index is 12.9. The van der Waals surface area contributed by atoms with Gasteiger partial charge in [0, 0.05) is 36.2 Å². The van der Waals surface area contributed by atoms with Crippen LogP contribution in [0.4, 0.5) is 18.9 Å². The standard InChI is InChI=1S/C20H25F3IN3O/c21-20(22,23)13-27-18-3-1-2-17(16(18)12-19(27)24)25-14-4-6-15(7-5-14)26-8-10-28-11-9-26/h1-3,12,14-15,25H,4-11,13H2/t14-,15-. The fourth-order valence-electron chi connectivity index (χ4n) is 4.47. The van der Waals surface area contributed by atoms with E-state index in [1.54, 1.807) is 6.07 Å². The number of hydrogen-bond donors (Lipinski definition) is 1. The molecule has 0 radical (unpaired) electrons. The lowest BCUT2D eigenvalue weighted by Gasteiger charge is -2.39. The van der Waals surface area contributed by atoms with Gasteiger partial charge in [-0.05, 0) is 66.5 Å². The monoisotopic (exact) mass is 507 g/mol. The molecule has 8 heteroatoms. The van der Waals surface area contributed by atoms with Crippen LogP contribution in [-0.2, 0) is 11.3 Å². The number of nitrogens with one attached hydrogen (secondary N) is 1. The van der Waals surface area contributed by atoms with Crippen molar-refractivity contribution in [2.45, 2.75) is 50.5 Å². The summed E-state index contributed by atoms with van der Waals surface area (Å²) in [6.07, 6.45) is 0.241. The summed E-state index contributed by atoms with van der Waals surface area (Å²) in [4.78, 5) is 2.54. The number of aromatic nitrogens is 1. The minimum atomic E-state index is -4.23. The second kappa shape index (κ2) is 8.39. The Balaban J connectivity index is 1.45. The number of alkyl halides is 3. The Morgan fingerprint density at radius 2 is 1.82 bits per heavy atom. The van der Waals surface area contributed by atoms with Crippen LogP contribution in [0.15, 0.2) is 24.3 Å². The summed E-state index contributed by atoms with van der Waals surface area (Å²) in [5.41, 5.74) is 1.57. The molecule has 154 valence electrons. The summed E-state index contributed by atoms with van der Waals surface area (Å²) in [7, 11) is 0. The lowest BCUT2D eigenvalue weighted by molar-refractivity contribution is -0.140. The Morgan fingerprint density at radius 1 is 1.11 bits per heavy atom. The molecule has 2 aromatic rings. The van der Waals surface area contributed by atoms with Crippen LogP contribution >= 0.6 is 22.6 Å². The van der Waals surface area contributed by atoms with E-state index in [0.717, 1.165) is 63.1 Å². The third kappa shape index (κ3) is 4.59. The molecule has 1 aliphatic carbocycles. The molecule has 28 heavy (non-hydrogen) atoms. The molecule has 0 unspecified atom stereocenters. The second-order valence-electron chi connectivity index (χ2n) is 7.70. The van der Waals surface area contributed by atoms with Crippen LogP contribution in [0.3, 0.4) is 0 Å².